The lowest BCUT2D eigenvalue weighted by Gasteiger charge is -1.94. The fourth-order valence-electron chi connectivity index (χ4n) is 0.551. The molecule has 52 valence electrons. The first-order valence-corrected chi connectivity index (χ1v) is 5.78. The lowest BCUT2D eigenvalue weighted by atomic mass is 10.2. The Bertz CT molecular complexity index is 118. The van der Waals surface area contributed by atoms with Gasteiger partial charge in [-0.1, -0.05) is 19.2 Å². The van der Waals surface area contributed by atoms with Gasteiger partial charge in [-0.3, -0.25) is 4.79 Å². The van der Waals surface area contributed by atoms with E-state index in [9.17, 15) is 4.79 Å². The Hall–Kier alpha value is -0.373. The number of hydrogen-bond donors (Lipinski definition) is 0. The fraction of sp³-hybridized carbons (Fsp3) is 0.571. The third kappa shape index (κ3) is 4.15. The van der Waals surface area contributed by atoms with Crippen molar-refractivity contribution in [3.8, 4) is 0 Å². The molecule has 0 spiro atoms. The first-order valence-electron chi connectivity index (χ1n) is 3.37. The van der Waals surface area contributed by atoms with Crippen LogP contribution < -0.4 is 0 Å². The molecule has 2 heteroatoms. The molecule has 0 fully saturated rings. The van der Waals surface area contributed by atoms with E-state index < -0.39 is 0 Å². The molecule has 0 N–H and O–H groups in total. The first kappa shape index (κ1) is 8.63. The summed E-state index contributed by atoms with van der Waals surface area (Å²) >= 11 is 0. The van der Waals surface area contributed by atoms with Gasteiger partial charge in [0.05, 0.1) is 0 Å². The number of allylic oxidation sites excluding steroid dienone is 1. The van der Waals surface area contributed by atoms with E-state index in [2.05, 4.69) is 13.1 Å². The summed E-state index contributed by atoms with van der Waals surface area (Å²) in [7, 11) is 0.0773. The van der Waals surface area contributed by atoms with Gasteiger partial charge in [0.25, 0.3) is 0 Å². The molecule has 1 nitrogen and oxygen atoms in total. The summed E-state index contributed by atoms with van der Waals surface area (Å²) < 4.78 is 0. The molecular formula is C7H14OSi. The molecule has 9 heavy (non-hydrogen) atoms. The van der Waals surface area contributed by atoms with Crippen LogP contribution in [0.2, 0.25) is 12.6 Å². The highest BCUT2D eigenvalue weighted by Gasteiger charge is 1.98. The van der Waals surface area contributed by atoms with Crippen molar-refractivity contribution in [3.63, 3.8) is 0 Å². The summed E-state index contributed by atoms with van der Waals surface area (Å²) in [6.45, 7) is 7.57. The lowest BCUT2D eigenvalue weighted by Crippen LogP contribution is -1.98. The van der Waals surface area contributed by atoms with E-state index in [0.29, 0.717) is 5.57 Å². The van der Waals surface area contributed by atoms with Crippen LogP contribution in [0.1, 0.15) is 13.3 Å². The maximum atomic E-state index is 10.8. The van der Waals surface area contributed by atoms with Crippen molar-refractivity contribution in [3.05, 3.63) is 12.2 Å². The van der Waals surface area contributed by atoms with E-state index in [1.165, 1.54) is 0 Å². The van der Waals surface area contributed by atoms with E-state index in [1.54, 1.807) is 6.92 Å². The second-order valence-electron chi connectivity index (χ2n) is 2.31. The SMILES string of the molecule is C=C(C)C(=O)CC[SiH2]C. The summed E-state index contributed by atoms with van der Waals surface area (Å²) in [5, 5.41) is 0. The monoisotopic (exact) mass is 142 g/mol. The molecule has 0 atom stereocenters. The molecule has 0 amide bonds. The van der Waals surface area contributed by atoms with Crippen LogP contribution in [-0.2, 0) is 4.79 Å². The molecule has 0 aromatic rings. The second kappa shape index (κ2) is 4.50. The predicted molar refractivity (Wildman–Crippen MR) is 43.7 cm³/mol. The Morgan fingerprint density at radius 1 is 1.67 bits per heavy atom. The van der Waals surface area contributed by atoms with Crippen LogP contribution in [0, 0.1) is 0 Å². The Kier molecular flexibility index (Phi) is 4.31. The zero-order valence-electron chi connectivity index (χ0n) is 6.24. The highest BCUT2D eigenvalue weighted by Crippen LogP contribution is 1.98. The molecule has 0 aromatic heterocycles. The summed E-state index contributed by atoms with van der Waals surface area (Å²) in [6, 6.07) is 1.13. The van der Waals surface area contributed by atoms with Crippen molar-refractivity contribution in [1.82, 2.24) is 0 Å². The smallest absolute Gasteiger partial charge is 0.157 e. The number of carbonyl (C=O) groups is 1. The van der Waals surface area contributed by atoms with Crippen LogP contribution in [0.5, 0.6) is 0 Å². The molecule has 0 unspecified atom stereocenters. The molecule has 0 heterocycles. The van der Waals surface area contributed by atoms with Gasteiger partial charge in [-0.05, 0) is 12.5 Å². The zero-order chi connectivity index (χ0) is 7.28. The van der Waals surface area contributed by atoms with Crippen molar-refractivity contribution >= 4 is 15.3 Å². The van der Waals surface area contributed by atoms with E-state index in [0.717, 1.165) is 12.5 Å². The van der Waals surface area contributed by atoms with Gasteiger partial charge >= 0.3 is 0 Å². The summed E-state index contributed by atoms with van der Waals surface area (Å²) in [5.41, 5.74) is 0.706. The Balaban J connectivity index is 3.39. The molecular weight excluding hydrogens is 128 g/mol. The highest BCUT2D eigenvalue weighted by molar-refractivity contribution is 6.34. The standard InChI is InChI=1S/C7H14OSi/c1-6(2)7(8)4-5-9-3/h1,4-5,9H2,2-3H3. The number of Topliss-reactive ketones (excluding diaryl/α,β-unsaturated/α-hetero) is 1. The Morgan fingerprint density at radius 3 is 2.56 bits per heavy atom. The average Bonchev–Trinajstić information content (AvgIpc) is 1.82. The van der Waals surface area contributed by atoms with Gasteiger partial charge in [-0.25, -0.2) is 0 Å². The normalized spacial score (nSPS) is 10.4. The zero-order valence-corrected chi connectivity index (χ0v) is 7.65. The van der Waals surface area contributed by atoms with E-state index in [4.69, 9.17) is 0 Å². The lowest BCUT2D eigenvalue weighted by molar-refractivity contribution is -0.115. The number of ketones is 1. The fourth-order valence-corrected chi connectivity index (χ4v) is 1.23. The van der Waals surface area contributed by atoms with Crippen LogP contribution in [0.3, 0.4) is 0 Å². The van der Waals surface area contributed by atoms with Gasteiger partial charge in [0.15, 0.2) is 5.78 Å². The molecule has 0 aromatic carbocycles. The highest BCUT2D eigenvalue weighted by atomic mass is 28.2. The first-order chi connectivity index (χ1) is 4.18. The maximum absolute atomic E-state index is 10.8. The maximum Gasteiger partial charge on any atom is 0.157 e. The second-order valence-corrected chi connectivity index (χ2v) is 4.01. The average molecular weight is 142 g/mol. The topological polar surface area (TPSA) is 17.1 Å². The third-order valence-electron chi connectivity index (χ3n) is 1.23. The predicted octanol–water partition coefficient (Wildman–Crippen LogP) is 1.16. The largest absolute Gasteiger partial charge is 0.295 e. The molecule has 0 radical (unpaired) electrons. The molecule has 0 saturated heterocycles. The van der Waals surface area contributed by atoms with Crippen LogP contribution in [0.25, 0.3) is 0 Å². The van der Waals surface area contributed by atoms with Gasteiger partial charge in [0, 0.05) is 15.9 Å². The Morgan fingerprint density at radius 2 is 2.22 bits per heavy atom. The van der Waals surface area contributed by atoms with Crippen molar-refractivity contribution in [1.29, 1.82) is 0 Å². The van der Waals surface area contributed by atoms with E-state index >= 15 is 0 Å². The molecule has 0 aliphatic heterocycles. The van der Waals surface area contributed by atoms with Crippen LogP contribution in [-0.4, -0.2) is 15.3 Å². The van der Waals surface area contributed by atoms with Crippen molar-refractivity contribution in [2.24, 2.45) is 0 Å². The number of rotatable bonds is 4. The van der Waals surface area contributed by atoms with Gasteiger partial charge in [-0.15, -0.1) is 0 Å². The van der Waals surface area contributed by atoms with Gasteiger partial charge in [-0.2, -0.15) is 0 Å². The number of hydrogen-bond acceptors (Lipinski definition) is 1. The van der Waals surface area contributed by atoms with Crippen molar-refractivity contribution in [2.45, 2.75) is 25.9 Å². The molecule has 0 saturated carbocycles. The third-order valence-corrected chi connectivity index (χ3v) is 2.29. The Labute approximate surface area is 59.0 Å². The van der Waals surface area contributed by atoms with Crippen LogP contribution in [0.15, 0.2) is 12.2 Å². The summed E-state index contributed by atoms with van der Waals surface area (Å²) in [4.78, 5) is 10.8. The van der Waals surface area contributed by atoms with Crippen LogP contribution >= 0.6 is 0 Å². The van der Waals surface area contributed by atoms with Gasteiger partial charge in [0.2, 0.25) is 0 Å². The number of carbonyl (C=O) groups excluding carboxylic acids is 1. The quantitative estimate of drug-likeness (QED) is 0.425. The summed E-state index contributed by atoms with van der Waals surface area (Å²) in [6.07, 6.45) is 0.734. The minimum Gasteiger partial charge on any atom is -0.295 e. The van der Waals surface area contributed by atoms with Crippen molar-refractivity contribution < 1.29 is 4.79 Å². The molecule has 0 aliphatic rings. The van der Waals surface area contributed by atoms with Gasteiger partial charge in [0.1, 0.15) is 0 Å². The van der Waals surface area contributed by atoms with Crippen LogP contribution in [0.4, 0.5) is 0 Å². The molecule has 0 aliphatic carbocycles. The minimum absolute atomic E-state index is 0.0773. The van der Waals surface area contributed by atoms with E-state index in [1.807, 2.05) is 0 Å². The minimum atomic E-state index is 0.0773. The molecule has 0 bridgehead atoms. The van der Waals surface area contributed by atoms with E-state index in [-0.39, 0.29) is 15.3 Å². The van der Waals surface area contributed by atoms with Crippen molar-refractivity contribution in [2.75, 3.05) is 0 Å². The molecule has 0 rings (SSSR count). The van der Waals surface area contributed by atoms with Gasteiger partial charge < -0.3 is 0 Å². The summed E-state index contributed by atoms with van der Waals surface area (Å²) in [5.74, 6) is 0.240.